The molecule has 4 aliphatic rings. The van der Waals surface area contributed by atoms with Crippen LogP contribution in [0.15, 0.2) is 22.7 Å². The van der Waals surface area contributed by atoms with E-state index in [4.69, 9.17) is 9.47 Å². The highest BCUT2D eigenvalue weighted by Gasteiger charge is 2.61. The van der Waals surface area contributed by atoms with Crippen molar-refractivity contribution in [1.29, 1.82) is 0 Å². The topological polar surface area (TPSA) is 124 Å². The van der Waals surface area contributed by atoms with Crippen molar-refractivity contribution >= 4 is 28.9 Å². The summed E-state index contributed by atoms with van der Waals surface area (Å²) in [5.41, 5.74) is -3.79. The lowest BCUT2D eigenvalue weighted by Gasteiger charge is -2.49. The fourth-order valence-electron chi connectivity index (χ4n) is 8.32. The second-order valence-electron chi connectivity index (χ2n) is 16.7. The van der Waals surface area contributed by atoms with Gasteiger partial charge in [-0.1, -0.05) is 41.5 Å². The van der Waals surface area contributed by atoms with Crippen LogP contribution in [0.4, 0.5) is 0 Å². The van der Waals surface area contributed by atoms with E-state index >= 15 is 0 Å². The molecule has 8 heteroatoms. The van der Waals surface area contributed by atoms with Gasteiger partial charge in [-0.25, -0.2) is 0 Å². The Morgan fingerprint density at radius 1 is 0.609 bits per heavy atom. The van der Waals surface area contributed by atoms with Crippen LogP contribution in [0.5, 0.6) is 17.2 Å². The first-order valence-electron chi connectivity index (χ1n) is 16.4. The molecule has 1 N–H and O–H groups in total. The zero-order chi connectivity index (χ0) is 35.0. The molecule has 0 saturated heterocycles. The minimum Gasteiger partial charge on any atom is -0.507 e. The predicted octanol–water partition coefficient (Wildman–Crippen LogP) is 7.41. The smallest absolute Gasteiger partial charge is 0.175 e. The average molecular weight is 633 g/mol. The number of allylic oxidation sites excluding steroid dienone is 4. The standard InChI is InChI=1S/C38H48O8/c1-15(2)18-20-26(40)24(25(39)17(5)6)28-21(27(20)45-31-22(18)29(41)35(7,8)33(43)37(31,11)12)19(16(3)4)23-30(42)36(9,10)34(44)38(13,14)32(23)46-28/h15-19,40H,1-14H3/t18-,19+/m1/s1. The van der Waals surface area contributed by atoms with E-state index in [1.54, 1.807) is 69.2 Å². The Labute approximate surface area is 272 Å². The summed E-state index contributed by atoms with van der Waals surface area (Å²) in [6, 6.07) is 0. The van der Waals surface area contributed by atoms with E-state index in [2.05, 4.69) is 0 Å². The number of carbonyl (C=O) groups is 5. The predicted molar refractivity (Wildman–Crippen MR) is 173 cm³/mol. The molecule has 8 nitrogen and oxygen atoms in total. The maximum Gasteiger partial charge on any atom is 0.175 e. The molecule has 0 aromatic heterocycles. The molecule has 0 saturated carbocycles. The van der Waals surface area contributed by atoms with Gasteiger partial charge in [0.05, 0.1) is 21.7 Å². The van der Waals surface area contributed by atoms with E-state index in [0.29, 0.717) is 16.7 Å². The Balaban J connectivity index is 1.99. The highest BCUT2D eigenvalue weighted by molar-refractivity contribution is 6.21. The number of phenols is 1. The monoisotopic (exact) mass is 632 g/mol. The number of hydrogen-bond donors (Lipinski definition) is 1. The van der Waals surface area contributed by atoms with Crippen LogP contribution in [0.25, 0.3) is 0 Å². The number of Topliss-reactive ketones (excluding diaryl/α,β-unsaturated/α-hetero) is 5. The van der Waals surface area contributed by atoms with Crippen molar-refractivity contribution in [2.45, 2.75) is 109 Å². The van der Waals surface area contributed by atoms with Gasteiger partial charge in [0.15, 0.2) is 28.9 Å². The minimum atomic E-state index is -1.34. The van der Waals surface area contributed by atoms with Gasteiger partial charge in [-0.05, 0) is 67.2 Å². The van der Waals surface area contributed by atoms with Crippen molar-refractivity contribution in [3.8, 4) is 17.2 Å². The van der Waals surface area contributed by atoms with E-state index in [9.17, 15) is 29.1 Å². The molecule has 0 bridgehead atoms. The fraction of sp³-hybridized carbons (Fsp3) is 0.605. The Bertz CT molecular complexity index is 1720. The molecule has 0 amide bonds. The summed E-state index contributed by atoms with van der Waals surface area (Å²) < 4.78 is 13.3. The molecule has 1 aromatic carbocycles. The maximum absolute atomic E-state index is 14.3. The summed E-state index contributed by atoms with van der Waals surface area (Å²) in [5, 5.41) is 12.2. The second kappa shape index (κ2) is 9.98. The minimum absolute atomic E-state index is 0.0546. The average Bonchev–Trinajstić information content (AvgIpc) is 2.95. The van der Waals surface area contributed by atoms with Gasteiger partial charge in [0.25, 0.3) is 0 Å². The third-order valence-corrected chi connectivity index (χ3v) is 10.7. The van der Waals surface area contributed by atoms with Crippen molar-refractivity contribution in [3.63, 3.8) is 0 Å². The zero-order valence-electron chi connectivity index (χ0n) is 29.7. The van der Waals surface area contributed by atoms with Crippen LogP contribution in [0.3, 0.4) is 0 Å². The molecule has 1 aromatic rings. The lowest BCUT2D eigenvalue weighted by molar-refractivity contribution is -0.146. The first-order valence-corrected chi connectivity index (χ1v) is 16.4. The summed E-state index contributed by atoms with van der Waals surface area (Å²) >= 11 is 0. The van der Waals surface area contributed by atoms with Crippen molar-refractivity contribution in [1.82, 2.24) is 0 Å². The Hall–Kier alpha value is -3.55. The van der Waals surface area contributed by atoms with Crippen molar-refractivity contribution in [3.05, 3.63) is 39.4 Å². The van der Waals surface area contributed by atoms with Gasteiger partial charge in [0.1, 0.15) is 34.3 Å². The van der Waals surface area contributed by atoms with E-state index in [1.165, 1.54) is 0 Å². The largest absolute Gasteiger partial charge is 0.507 e. The number of carbonyl (C=O) groups excluding carboxylic acids is 5. The summed E-state index contributed by atoms with van der Waals surface area (Å²) in [7, 11) is 0. The number of phenolic OH excluding ortho intramolecular Hbond substituents is 1. The van der Waals surface area contributed by atoms with Gasteiger partial charge >= 0.3 is 0 Å². The number of benzene rings is 1. The molecule has 0 unspecified atom stereocenters. The zero-order valence-corrected chi connectivity index (χ0v) is 29.7. The number of fused-ring (bicyclic) bond motifs is 3. The van der Waals surface area contributed by atoms with Gasteiger partial charge in [-0.3, -0.25) is 24.0 Å². The molecule has 46 heavy (non-hydrogen) atoms. The van der Waals surface area contributed by atoms with Gasteiger partial charge < -0.3 is 14.6 Å². The maximum atomic E-state index is 14.3. The Morgan fingerprint density at radius 2 is 0.978 bits per heavy atom. The molecule has 5 rings (SSSR count). The van der Waals surface area contributed by atoms with Crippen molar-refractivity contribution < 1.29 is 38.6 Å². The first-order chi connectivity index (χ1) is 20.9. The van der Waals surface area contributed by atoms with Crippen molar-refractivity contribution in [2.75, 3.05) is 0 Å². The van der Waals surface area contributed by atoms with Crippen LogP contribution in [0, 0.1) is 39.4 Å². The number of aromatic hydroxyl groups is 1. The van der Waals surface area contributed by atoms with Gasteiger partial charge in [-0.2, -0.15) is 0 Å². The summed E-state index contributed by atoms with van der Waals surface area (Å²) in [4.78, 5) is 70.2. The lowest BCUT2D eigenvalue weighted by atomic mass is 9.57. The number of ether oxygens (including phenoxy) is 2. The molecule has 2 atom stereocenters. The quantitative estimate of drug-likeness (QED) is 0.269. The Kier molecular flexibility index (Phi) is 7.33. The normalized spacial score (nSPS) is 25.7. The SMILES string of the molecule is CC(C)C(=O)c1c(O)c2c(c3c1OC1=C(C(=O)C(C)(C)C(=O)C1(C)C)[C@H]3C(C)C)OC1=C(C(=O)C(C)(C)C(=O)C1(C)C)[C@@H]2C(C)C. The van der Waals surface area contributed by atoms with E-state index in [0.717, 1.165) is 0 Å². The fourth-order valence-corrected chi connectivity index (χ4v) is 8.32. The third kappa shape index (κ3) is 4.06. The van der Waals surface area contributed by atoms with Crippen LogP contribution < -0.4 is 9.47 Å². The molecule has 2 heterocycles. The highest BCUT2D eigenvalue weighted by atomic mass is 16.5. The van der Waals surface area contributed by atoms with Crippen LogP contribution in [-0.4, -0.2) is 34.0 Å². The van der Waals surface area contributed by atoms with Crippen LogP contribution in [0.2, 0.25) is 0 Å². The molecule has 248 valence electrons. The van der Waals surface area contributed by atoms with Crippen molar-refractivity contribution in [2.24, 2.45) is 39.4 Å². The van der Waals surface area contributed by atoms with Crippen LogP contribution >= 0.6 is 0 Å². The lowest BCUT2D eigenvalue weighted by Crippen LogP contribution is -2.53. The summed E-state index contributed by atoms with van der Waals surface area (Å²) in [6.07, 6.45) is 0. The molecular formula is C38H48O8. The molecule has 0 fully saturated rings. The van der Waals surface area contributed by atoms with Gasteiger partial charge in [0, 0.05) is 40.0 Å². The van der Waals surface area contributed by atoms with Crippen LogP contribution in [-0.2, 0) is 19.2 Å². The molecule has 2 aliphatic carbocycles. The van der Waals surface area contributed by atoms with Crippen LogP contribution in [0.1, 0.15) is 130 Å². The first kappa shape index (κ1) is 33.8. The van der Waals surface area contributed by atoms with E-state index in [-0.39, 0.29) is 80.6 Å². The van der Waals surface area contributed by atoms with Gasteiger partial charge in [0.2, 0.25) is 0 Å². The molecular weight excluding hydrogens is 584 g/mol. The number of hydrogen-bond acceptors (Lipinski definition) is 8. The molecule has 0 radical (unpaired) electrons. The van der Waals surface area contributed by atoms with E-state index in [1.807, 2.05) is 27.7 Å². The second-order valence-corrected chi connectivity index (χ2v) is 16.7. The summed E-state index contributed by atoms with van der Waals surface area (Å²) in [5.74, 6) is -3.89. The highest BCUT2D eigenvalue weighted by Crippen LogP contribution is 2.64. The van der Waals surface area contributed by atoms with E-state index < -0.39 is 39.4 Å². The number of ketones is 5. The van der Waals surface area contributed by atoms with Gasteiger partial charge in [-0.15, -0.1) is 0 Å². The number of rotatable bonds is 4. The Morgan fingerprint density at radius 3 is 1.35 bits per heavy atom. The molecule has 2 aliphatic heterocycles. The third-order valence-electron chi connectivity index (χ3n) is 10.7. The molecule has 0 spiro atoms. The summed E-state index contributed by atoms with van der Waals surface area (Å²) in [6.45, 7) is 24.6.